The van der Waals surface area contributed by atoms with Crippen molar-refractivity contribution >= 4 is 11.6 Å². The van der Waals surface area contributed by atoms with E-state index in [4.69, 9.17) is 0 Å². The van der Waals surface area contributed by atoms with Crippen LogP contribution in [0.5, 0.6) is 0 Å². The Labute approximate surface area is 132 Å². The zero-order chi connectivity index (χ0) is 19.1. The highest BCUT2D eigenvalue weighted by molar-refractivity contribution is 6.04. The second-order valence-electron chi connectivity index (χ2n) is 4.55. The number of hydrogen-bond acceptors (Lipinski definition) is 1. The number of benzene rings is 2. The average molecular weight is 373 g/mol. The van der Waals surface area contributed by atoms with Gasteiger partial charge >= 0.3 is 6.18 Å². The van der Waals surface area contributed by atoms with Gasteiger partial charge in [0.2, 0.25) is 0 Å². The molecular weight excluding hydrogens is 369 g/mol. The highest BCUT2D eigenvalue weighted by atomic mass is 19.4. The molecule has 0 aliphatic rings. The molecule has 1 amide bonds. The van der Waals surface area contributed by atoms with Gasteiger partial charge in [0.05, 0.1) is 0 Å². The Morgan fingerprint density at radius 2 is 1.24 bits per heavy atom. The first kappa shape index (κ1) is 18.6. The van der Waals surface area contributed by atoms with Crippen molar-refractivity contribution in [3.05, 3.63) is 64.2 Å². The van der Waals surface area contributed by atoms with Gasteiger partial charge in [-0.2, -0.15) is 13.2 Å². The molecule has 0 aliphatic carbocycles. The highest BCUT2D eigenvalue weighted by Gasteiger charge is 2.42. The number of hydrogen-bond donors (Lipinski definition) is 1. The lowest BCUT2D eigenvalue weighted by Gasteiger charge is -2.15. The molecule has 0 aliphatic heterocycles. The Morgan fingerprint density at radius 3 is 1.64 bits per heavy atom. The molecule has 134 valence electrons. The summed E-state index contributed by atoms with van der Waals surface area (Å²) in [5.41, 5.74) is -6.17. The van der Waals surface area contributed by atoms with Gasteiger partial charge in [0.25, 0.3) is 5.91 Å². The number of alkyl halides is 3. The molecule has 1 N–H and O–H groups in total. The fraction of sp³-hybridized carbons (Fsp3) is 0.0714. The van der Waals surface area contributed by atoms with Gasteiger partial charge in [-0.05, 0) is 12.1 Å². The maximum absolute atomic E-state index is 13.6. The first-order chi connectivity index (χ1) is 11.5. The number of amides is 1. The largest absolute Gasteiger partial charge is 0.422 e. The second kappa shape index (κ2) is 6.30. The van der Waals surface area contributed by atoms with Crippen LogP contribution in [-0.2, 0) is 6.18 Å². The van der Waals surface area contributed by atoms with Crippen LogP contribution in [0, 0.1) is 34.9 Å². The summed E-state index contributed by atoms with van der Waals surface area (Å²) in [6, 6.07) is 2.04. The van der Waals surface area contributed by atoms with E-state index in [1.807, 2.05) is 0 Å². The molecule has 2 nitrogen and oxygen atoms in total. The van der Waals surface area contributed by atoms with Crippen LogP contribution in [0.2, 0.25) is 0 Å². The van der Waals surface area contributed by atoms with Crippen LogP contribution in [0.3, 0.4) is 0 Å². The minimum atomic E-state index is -5.77. The lowest BCUT2D eigenvalue weighted by Crippen LogP contribution is -2.21. The highest BCUT2D eigenvalue weighted by Crippen LogP contribution is 2.38. The molecule has 2 aromatic rings. The topological polar surface area (TPSA) is 29.1 Å². The summed E-state index contributed by atoms with van der Waals surface area (Å²) in [6.45, 7) is 0. The van der Waals surface area contributed by atoms with Gasteiger partial charge in [0.1, 0.15) is 28.4 Å². The summed E-state index contributed by atoms with van der Waals surface area (Å²) in [4.78, 5) is 11.7. The van der Waals surface area contributed by atoms with Crippen molar-refractivity contribution in [2.45, 2.75) is 6.18 Å². The van der Waals surface area contributed by atoms with Crippen molar-refractivity contribution in [2.24, 2.45) is 0 Å². The Morgan fingerprint density at radius 1 is 0.800 bits per heavy atom. The van der Waals surface area contributed by atoms with Crippen LogP contribution in [-0.4, -0.2) is 5.91 Å². The maximum Gasteiger partial charge on any atom is 0.422 e. The Bertz CT molecular complexity index is 811. The van der Waals surface area contributed by atoms with Crippen LogP contribution >= 0.6 is 0 Å². The summed E-state index contributed by atoms with van der Waals surface area (Å²) < 4.78 is 118. The number of halogens is 9. The standard InChI is InChI=1S/C14H4F9NO/c15-4-2-1-3-5(16)6(4)13(25)24-12-10(19)8(17)7(14(21,22)23)9(18)11(12)20/h1-3H,(H,24,25). The molecule has 0 saturated heterocycles. The SMILES string of the molecule is O=C(Nc1c(F)c(F)c(C(F)(F)F)c(F)c1F)c1c(F)cccc1F. The summed E-state index contributed by atoms with van der Waals surface area (Å²) >= 11 is 0. The van der Waals surface area contributed by atoms with Crippen LogP contribution < -0.4 is 5.32 Å². The zero-order valence-electron chi connectivity index (χ0n) is 11.5. The van der Waals surface area contributed by atoms with Crippen molar-refractivity contribution in [3.63, 3.8) is 0 Å². The normalized spacial score (nSPS) is 11.6. The predicted molar refractivity (Wildman–Crippen MR) is 65.6 cm³/mol. The van der Waals surface area contributed by atoms with Crippen molar-refractivity contribution in [1.82, 2.24) is 0 Å². The van der Waals surface area contributed by atoms with Crippen LogP contribution in [0.1, 0.15) is 15.9 Å². The summed E-state index contributed by atoms with van der Waals surface area (Å²) in [7, 11) is 0. The molecule has 0 atom stereocenters. The fourth-order valence-corrected chi connectivity index (χ4v) is 1.88. The van der Waals surface area contributed by atoms with E-state index in [2.05, 4.69) is 0 Å². The summed E-state index contributed by atoms with van der Waals surface area (Å²) in [6.07, 6.45) is -5.77. The molecule has 0 fully saturated rings. The van der Waals surface area contributed by atoms with E-state index in [1.165, 1.54) is 0 Å². The summed E-state index contributed by atoms with van der Waals surface area (Å²) in [5.74, 6) is -15.6. The average Bonchev–Trinajstić information content (AvgIpc) is 2.48. The van der Waals surface area contributed by atoms with Crippen molar-refractivity contribution in [3.8, 4) is 0 Å². The number of anilines is 1. The number of nitrogens with one attached hydrogen (secondary N) is 1. The molecule has 2 aromatic carbocycles. The minimum absolute atomic E-state index is 0.596. The van der Waals surface area contributed by atoms with E-state index in [1.54, 1.807) is 0 Å². The zero-order valence-corrected chi connectivity index (χ0v) is 11.5. The second-order valence-corrected chi connectivity index (χ2v) is 4.55. The molecule has 0 bridgehead atoms. The lowest BCUT2D eigenvalue weighted by molar-refractivity contribution is -0.143. The smallest absolute Gasteiger partial charge is 0.317 e. The van der Waals surface area contributed by atoms with Gasteiger partial charge < -0.3 is 5.32 Å². The van der Waals surface area contributed by atoms with Gasteiger partial charge in [-0.25, -0.2) is 26.3 Å². The van der Waals surface area contributed by atoms with Crippen LogP contribution in [0.15, 0.2) is 18.2 Å². The van der Waals surface area contributed by atoms with Crippen molar-refractivity contribution in [2.75, 3.05) is 5.32 Å². The Hall–Kier alpha value is -2.72. The molecule has 11 heteroatoms. The van der Waals surface area contributed by atoms with Crippen LogP contribution in [0.4, 0.5) is 45.2 Å². The quantitative estimate of drug-likeness (QED) is 0.595. The maximum atomic E-state index is 13.6. The van der Waals surface area contributed by atoms with Crippen LogP contribution in [0.25, 0.3) is 0 Å². The molecule has 0 unspecified atom stereocenters. The van der Waals surface area contributed by atoms with E-state index in [9.17, 15) is 44.3 Å². The molecule has 25 heavy (non-hydrogen) atoms. The van der Waals surface area contributed by atoms with Gasteiger partial charge in [-0.15, -0.1) is 0 Å². The minimum Gasteiger partial charge on any atom is -0.317 e. The van der Waals surface area contributed by atoms with E-state index in [0.717, 1.165) is 11.4 Å². The molecule has 0 spiro atoms. The number of carbonyl (C=O) groups is 1. The van der Waals surface area contributed by atoms with E-state index < -0.39 is 63.8 Å². The molecule has 0 saturated carbocycles. The third-order valence-corrected chi connectivity index (χ3v) is 2.98. The van der Waals surface area contributed by atoms with E-state index >= 15 is 0 Å². The molecule has 0 aromatic heterocycles. The number of rotatable bonds is 2. The van der Waals surface area contributed by atoms with Crippen molar-refractivity contribution < 1.29 is 44.3 Å². The third kappa shape index (κ3) is 3.26. The van der Waals surface area contributed by atoms with Gasteiger partial charge in [0.15, 0.2) is 23.3 Å². The van der Waals surface area contributed by atoms with Gasteiger partial charge in [-0.3, -0.25) is 4.79 Å². The number of carbonyl (C=O) groups excluding carboxylic acids is 1. The fourth-order valence-electron chi connectivity index (χ4n) is 1.88. The first-order valence-corrected chi connectivity index (χ1v) is 6.15. The third-order valence-electron chi connectivity index (χ3n) is 2.98. The molecule has 0 heterocycles. The first-order valence-electron chi connectivity index (χ1n) is 6.15. The van der Waals surface area contributed by atoms with E-state index in [-0.39, 0.29) is 0 Å². The van der Waals surface area contributed by atoms with Gasteiger partial charge in [-0.1, -0.05) is 6.07 Å². The molecule has 2 rings (SSSR count). The Balaban J connectivity index is 2.57. The molecule has 0 radical (unpaired) electrons. The molecular formula is C14H4F9NO. The Kier molecular flexibility index (Phi) is 4.69. The lowest BCUT2D eigenvalue weighted by atomic mass is 10.1. The van der Waals surface area contributed by atoms with E-state index in [0.29, 0.717) is 12.1 Å². The van der Waals surface area contributed by atoms with Crippen molar-refractivity contribution in [1.29, 1.82) is 0 Å². The summed E-state index contributed by atoms with van der Waals surface area (Å²) in [5, 5.41) is 1.12. The van der Waals surface area contributed by atoms with Gasteiger partial charge in [0, 0.05) is 0 Å². The monoisotopic (exact) mass is 373 g/mol. The predicted octanol–water partition coefficient (Wildman–Crippen LogP) is 4.79.